The van der Waals surface area contributed by atoms with E-state index in [0.29, 0.717) is 35.0 Å². The van der Waals surface area contributed by atoms with Crippen molar-refractivity contribution < 1.29 is 19.1 Å². The monoisotopic (exact) mass is 413 g/mol. The number of fused-ring (bicyclic) bond motifs is 2. The van der Waals surface area contributed by atoms with Crippen LogP contribution in [0.3, 0.4) is 0 Å². The van der Waals surface area contributed by atoms with Crippen molar-refractivity contribution >= 4 is 34.8 Å². The van der Waals surface area contributed by atoms with Crippen molar-refractivity contribution in [2.45, 2.75) is 6.42 Å². The van der Waals surface area contributed by atoms with Crippen molar-refractivity contribution in [3.63, 3.8) is 0 Å². The molecule has 7 nitrogen and oxygen atoms in total. The quantitative estimate of drug-likeness (QED) is 0.679. The van der Waals surface area contributed by atoms with E-state index in [1.807, 2.05) is 42.5 Å². The van der Waals surface area contributed by atoms with Gasteiger partial charge in [-0.15, -0.1) is 0 Å². The molecule has 3 aromatic carbocycles. The molecule has 0 saturated carbocycles. The molecule has 2 aliphatic heterocycles. The summed E-state index contributed by atoms with van der Waals surface area (Å²) in [6, 6.07) is 21.4. The molecule has 2 N–H and O–H groups in total. The predicted octanol–water partition coefficient (Wildman–Crippen LogP) is 4.04. The van der Waals surface area contributed by atoms with Gasteiger partial charge in [-0.25, -0.2) is 0 Å². The van der Waals surface area contributed by atoms with Gasteiger partial charge in [-0.3, -0.25) is 14.4 Å². The Kier molecular flexibility index (Phi) is 4.63. The van der Waals surface area contributed by atoms with Crippen LogP contribution in [0.2, 0.25) is 0 Å². The lowest BCUT2D eigenvalue weighted by Gasteiger charge is -2.16. The summed E-state index contributed by atoms with van der Waals surface area (Å²) in [4.78, 5) is 39.5. The van der Waals surface area contributed by atoms with Gasteiger partial charge in [0.25, 0.3) is 5.91 Å². The lowest BCUT2D eigenvalue weighted by atomic mass is 10.1. The number of hydrogen-bond acceptors (Lipinski definition) is 4. The number of carbonyl (C=O) groups excluding carboxylic acids is 3. The normalized spacial score (nSPS) is 17.2. The number of anilines is 3. The molecule has 2 heterocycles. The van der Waals surface area contributed by atoms with Crippen LogP contribution in [0.15, 0.2) is 72.8 Å². The van der Waals surface area contributed by atoms with Crippen molar-refractivity contribution in [3.05, 3.63) is 78.4 Å². The Bertz CT molecular complexity index is 1190. The molecule has 1 unspecified atom stereocenters. The van der Waals surface area contributed by atoms with Crippen LogP contribution in [0.5, 0.6) is 11.5 Å². The topological polar surface area (TPSA) is 87.7 Å². The minimum atomic E-state index is -0.471. The first-order valence-corrected chi connectivity index (χ1v) is 9.97. The van der Waals surface area contributed by atoms with Crippen LogP contribution in [-0.2, 0) is 9.59 Å². The van der Waals surface area contributed by atoms with E-state index in [0.717, 1.165) is 5.69 Å². The van der Waals surface area contributed by atoms with Crippen LogP contribution in [-0.4, -0.2) is 24.3 Å². The van der Waals surface area contributed by atoms with Gasteiger partial charge in [0.15, 0.2) is 5.75 Å². The van der Waals surface area contributed by atoms with E-state index in [-0.39, 0.29) is 24.1 Å². The lowest BCUT2D eigenvalue weighted by Crippen LogP contribution is -2.28. The van der Waals surface area contributed by atoms with Crippen molar-refractivity contribution in [2.75, 3.05) is 22.1 Å². The van der Waals surface area contributed by atoms with Gasteiger partial charge in [0, 0.05) is 24.3 Å². The summed E-state index contributed by atoms with van der Waals surface area (Å²) in [5.74, 6) is -0.171. The first kappa shape index (κ1) is 18.9. The highest BCUT2D eigenvalue weighted by Crippen LogP contribution is 2.36. The van der Waals surface area contributed by atoms with Crippen LogP contribution in [0.1, 0.15) is 16.8 Å². The smallest absolute Gasteiger partial charge is 0.259 e. The molecule has 1 atom stereocenters. The highest BCUT2D eigenvalue weighted by atomic mass is 16.5. The Hall–Kier alpha value is -4.13. The number of nitrogens with zero attached hydrogens (tertiary/aromatic N) is 1. The summed E-state index contributed by atoms with van der Waals surface area (Å²) in [6.07, 6.45) is 0.143. The number of ether oxygens (including phenoxy) is 1. The fourth-order valence-electron chi connectivity index (χ4n) is 3.83. The molecule has 7 heteroatoms. The van der Waals surface area contributed by atoms with Crippen LogP contribution >= 0.6 is 0 Å². The van der Waals surface area contributed by atoms with E-state index in [1.165, 1.54) is 0 Å². The fraction of sp³-hybridized carbons (Fsp3) is 0.125. The number of nitrogens with one attached hydrogen (secondary N) is 2. The van der Waals surface area contributed by atoms with E-state index in [1.54, 1.807) is 35.2 Å². The zero-order valence-electron chi connectivity index (χ0n) is 16.5. The molecule has 0 aliphatic carbocycles. The van der Waals surface area contributed by atoms with Gasteiger partial charge < -0.3 is 20.3 Å². The summed E-state index contributed by atoms with van der Waals surface area (Å²) in [6.45, 7) is 0.318. The number of benzene rings is 3. The molecule has 0 bridgehead atoms. The fourth-order valence-corrected chi connectivity index (χ4v) is 3.83. The zero-order chi connectivity index (χ0) is 21.4. The third-order valence-electron chi connectivity index (χ3n) is 5.41. The predicted molar refractivity (Wildman–Crippen MR) is 116 cm³/mol. The lowest BCUT2D eigenvalue weighted by molar-refractivity contribution is -0.122. The molecular formula is C24H19N3O4. The van der Waals surface area contributed by atoms with E-state index >= 15 is 0 Å². The number of carbonyl (C=O) groups is 3. The second kappa shape index (κ2) is 7.60. The summed E-state index contributed by atoms with van der Waals surface area (Å²) < 4.78 is 5.86. The largest absolute Gasteiger partial charge is 0.454 e. The molecule has 0 spiro atoms. The minimum absolute atomic E-state index is 0.0844. The first-order valence-electron chi connectivity index (χ1n) is 9.97. The van der Waals surface area contributed by atoms with E-state index in [2.05, 4.69) is 10.6 Å². The van der Waals surface area contributed by atoms with Crippen LogP contribution in [0.25, 0.3) is 0 Å². The molecular weight excluding hydrogens is 394 g/mol. The van der Waals surface area contributed by atoms with Gasteiger partial charge in [0.05, 0.1) is 17.2 Å². The third-order valence-corrected chi connectivity index (χ3v) is 5.41. The van der Waals surface area contributed by atoms with Crippen molar-refractivity contribution in [1.82, 2.24) is 0 Å². The number of rotatable bonds is 3. The van der Waals surface area contributed by atoms with Gasteiger partial charge in [-0.1, -0.05) is 30.3 Å². The minimum Gasteiger partial charge on any atom is -0.454 e. The third kappa shape index (κ3) is 3.61. The molecule has 0 aromatic heterocycles. The Morgan fingerprint density at radius 1 is 0.968 bits per heavy atom. The molecule has 5 rings (SSSR count). The molecule has 2 aliphatic rings. The average molecular weight is 413 g/mol. The number of para-hydroxylation sites is 3. The molecule has 31 heavy (non-hydrogen) atoms. The van der Waals surface area contributed by atoms with Crippen molar-refractivity contribution in [1.29, 1.82) is 0 Å². The van der Waals surface area contributed by atoms with Crippen LogP contribution in [0.4, 0.5) is 17.1 Å². The van der Waals surface area contributed by atoms with Gasteiger partial charge in [-0.2, -0.15) is 0 Å². The Morgan fingerprint density at radius 2 is 1.74 bits per heavy atom. The Balaban J connectivity index is 1.32. The summed E-state index contributed by atoms with van der Waals surface area (Å²) in [7, 11) is 0. The highest BCUT2D eigenvalue weighted by molar-refractivity contribution is 6.09. The maximum Gasteiger partial charge on any atom is 0.259 e. The van der Waals surface area contributed by atoms with Gasteiger partial charge >= 0.3 is 0 Å². The highest BCUT2D eigenvalue weighted by Gasteiger charge is 2.35. The molecule has 1 saturated heterocycles. The van der Waals surface area contributed by atoms with Crippen molar-refractivity contribution in [2.24, 2.45) is 5.92 Å². The van der Waals surface area contributed by atoms with Gasteiger partial charge in [-0.05, 0) is 42.5 Å². The second-order valence-electron chi connectivity index (χ2n) is 7.49. The average Bonchev–Trinajstić information content (AvgIpc) is 3.11. The Morgan fingerprint density at radius 3 is 2.58 bits per heavy atom. The molecule has 3 amide bonds. The van der Waals surface area contributed by atoms with Gasteiger partial charge in [0.1, 0.15) is 5.75 Å². The van der Waals surface area contributed by atoms with Crippen molar-refractivity contribution in [3.8, 4) is 11.5 Å². The maximum atomic E-state index is 12.8. The van der Waals surface area contributed by atoms with E-state index in [4.69, 9.17) is 4.74 Å². The first-order chi connectivity index (χ1) is 15.1. The summed E-state index contributed by atoms with van der Waals surface area (Å²) in [5, 5.41) is 5.65. The summed E-state index contributed by atoms with van der Waals surface area (Å²) >= 11 is 0. The number of hydrogen-bond donors (Lipinski definition) is 2. The molecule has 3 aromatic rings. The van der Waals surface area contributed by atoms with E-state index in [9.17, 15) is 14.4 Å². The zero-order valence-corrected chi connectivity index (χ0v) is 16.5. The number of amides is 3. The Labute approximate surface area is 178 Å². The van der Waals surface area contributed by atoms with Crippen LogP contribution < -0.4 is 20.3 Å². The standard InChI is InChI=1S/C24H19N3O4/c28-22-12-15(14-27(22)17-6-2-1-3-7-17)23(29)25-16-10-11-20-18(13-16)24(30)26-19-8-4-5-9-21(19)31-20/h1-11,13,15H,12,14H2,(H,25,29)(H,26,30). The summed E-state index contributed by atoms with van der Waals surface area (Å²) in [5.41, 5.74) is 2.16. The SMILES string of the molecule is O=C1Nc2ccccc2Oc2ccc(NC(=O)C3CC(=O)N(c4ccccc4)C3)cc21. The molecule has 0 radical (unpaired) electrons. The molecule has 1 fully saturated rings. The maximum absolute atomic E-state index is 12.8. The second-order valence-corrected chi connectivity index (χ2v) is 7.49. The van der Waals surface area contributed by atoms with Crippen LogP contribution in [0, 0.1) is 5.92 Å². The van der Waals surface area contributed by atoms with Gasteiger partial charge in [0.2, 0.25) is 11.8 Å². The molecule has 154 valence electrons. The van der Waals surface area contributed by atoms with E-state index < -0.39 is 5.92 Å².